The normalized spacial score (nSPS) is 18.1. The molecule has 0 radical (unpaired) electrons. The topological polar surface area (TPSA) is 135 Å². The van der Waals surface area contributed by atoms with Gasteiger partial charge in [-0.3, -0.25) is 14.5 Å². The number of imidazole rings is 1. The number of aliphatic hydroxyl groups excluding tert-OH is 2. The first-order valence-electron chi connectivity index (χ1n) is 10.2. The Morgan fingerprint density at radius 3 is 2.63 bits per heavy atom. The molecule has 3 N–H and O–H groups in total. The monoisotopic (exact) mass is 443 g/mol. The average Bonchev–Trinajstić information content (AvgIpc) is 3.17. The first kappa shape index (κ1) is 24.7. The molecule has 0 amide bonds. The number of nitrogens with zero attached hydrogens (tertiary/aromatic N) is 4. The molecular weight excluding hydrogens is 409 g/mol. The third kappa shape index (κ3) is 5.56. The van der Waals surface area contributed by atoms with Crippen molar-refractivity contribution in [2.24, 2.45) is 7.05 Å². The quantitative estimate of drug-likeness (QED) is 0.427. The summed E-state index contributed by atoms with van der Waals surface area (Å²) in [4.78, 5) is 8.50. The lowest BCUT2D eigenvalue weighted by molar-refractivity contribution is -0.105. The van der Waals surface area contributed by atoms with E-state index < -0.39 is 32.6 Å². The van der Waals surface area contributed by atoms with Crippen LogP contribution in [0.15, 0.2) is 12.7 Å². The molecule has 0 spiro atoms. The van der Waals surface area contributed by atoms with Crippen molar-refractivity contribution in [3.05, 3.63) is 18.1 Å². The molecule has 0 aliphatic carbocycles. The molecule has 11 heteroatoms. The van der Waals surface area contributed by atoms with Crippen LogP contribution >= 0.6 is 8.03 Å². The van der Waals surface area contributed by atoms with Gasteiger partial charge in [-0.2, -0.15) is 0 Å². The van der Waals surface area contributed by atoms with Gasteiger partial charge in [-0.25, -0.2) is 9.97 Å². The van der Waals surface area contributed by atoms with Crippen LogP contribution in [-0.2, 0) is 20.9 Å². The van der Waals surface area contributed by atoms with E-state index in [-0.39, 0.29) is 17.8 Å². The zero-order valence-electron chi connectivity index (χ0n) is 18.3. The van der Waals surface area contributed by atoms with Gasteiger partial charge < -0.3 is 24.0 Å². The van der Waals surface area contributed by atoms with Crippen LogP contribution in [0.4, 0.5) is 0 Å². The number of fused-ring (bicyclic) bond motifs is 1. The van der Waals surface area contributed by atoms with Crippen LogP contribution in [0.25, 0.3) is 11.2 Å². The summed E-state index contributed by atoms with van der Waals surface area (Å²) in [6.07, 6.45) is 2.69. The number of aryl methyl sites for hydroxylation is 1. The molecule has 2 rings (SSSR count). The first-order valence-corrected chi connectivity index (χ1v) is 11.6. The second-order valence-corrected chi connectivity index (χ2v) is 9.65. The molecule has 2 aromatic heterocycles. The van der Waals surface area contributed by atoms with Gasteiger partial charge in [0.05, 0.1) is 31.5 Å². The number of nitrogens with one attached hydrogen (secondary N) is 1. The van der Waals surface area contributed by atoms with Crippen molar-refractivity contribution < 1.29 is 24.0 Å². The highest BCUT2D eigenvalue weighted by Gasteiger charge is 2.29. The SMILES string of the molecule is CCC(C)[PH](=O)OC(C)(CC)CCOC([C@H](O)CO)n1cnc2c(=N)n(C)cnc21. The molecule has 10 nitrogen and oxygen atoms in total. The van der Waals surface area contributed by atoms with E-state index in [1.54, 1.807) is 7.05 Å². The van der Waals surface area contributed by atoms with E-state index in [9.17, 15) is 14.8 Å². The molecule has 0 aliphatic rings. The summed E-state index contributed by atoms with van der Waals surface area (Å²) in [5.41, 5.74) is 0.318. The van der Waals surface area contributed by atoms with E-state index >= 15 is 0 Å². The van der Waals surface area contributed by atoms with E-state index in [0.717, 1.165) is 6.42 Å². The van der Waals surface area contributed by atoms with E-state index in [1.165, 1.54) is 21.8 Å². The number of hydrogen-bond donors (Lipinski definition) is 3. The van der Waals surface area contributed by atoms with Crippen molar-refractivity contribution in [3.63, 3.8) is 0 Å². The van der Waals surface area contributed by atoms with Gasteiger partial charge in [0.25, 0.3) is 0 Å². The molecule has 170 valence electrons. The number of hydrogen-bond acceptors (Lipinski definition) is 8. The summed E-state index contributed by atoms with van der Waals surface area (Å²) < 4.78 is 27.3. The lowest BCUT2D eigenvalue weighted by Crippen LogP contribution is -2.33. The third-order valence-electron chi connectivity index (χ3n) is 5.52. The molecule has 4 unspecified atom stereocenters. The second kappa shape index (κ2) is 10.6. The third-order valence-corrected chi connectivity index (χ3v) is 7.42. The number of aromatic nitrogens is 4. The van der Waals surface area contributed by atoms with Crippen LogP contribution in [0, 0.1) is 5.41 Å². The summed E-state index contributed by atoms with van der Waals surface area (Å²) in [7, 11) is -0.485. The highest BCUT2D eigenvalue weighted by atomic mass is 31.1. The average molecular weight is 443 g/mol. The maximum atomic E-state index is 12.4. The molecule has 2 aromatic rings. The van der Waals surface area contributed by atoms with Crippen molar-refractivity contribution in [1.29, 1.82) is 5.41 Å². The van der Waals surface area contributed by atoms with Crippen molar-refractivity contribution in [2.45, 2.75) is 70.5 Å². The molecule has 0 aliphatic heterocycles. The fraction of sp³-hybridized carbons (Fsp3) is 0.737. The van der Waals surface area contributed by atoms with Crippen LogP contribution in [-0.4, -0.2) is 59.9 Å². The largest absolute Gasteiger partial charge is 0.394 e. The van der Waals surface area contributed by atoms with Gasteiger partial charge in [-0.1, -0.05) is 20.8 Å². The first-order chi connectivity index (χ1) is 14.2. The molecule has 5 atom stereocenters. The van der Waals surface area contributed by atoms with Crippen LogP contribution in [0.5, 0.6) is 0 Å². The highest BCUT2D eigenvalue weighted by Crippen LogP contribution is 2.39. The predicted molar refractivity (Wildman–Crippen MR) is 114 cm³/mol. The fourth-order valence-electron chi connectivity index (χ4n) is 2.87. The minimum Gasteiger partial charge on any atom is -0.394 e. The summed E-state index contributed by atoms with van der Waals surface area (Å²) in [6, 6.07) is 0. The van der Waals surface area contributed by atoms with Crippen LogP contribution in [0.1, 0.15) is 53.2 Å². The fourth-order valence-corrected chi connectivity index (χ4v) is 4.14. The minimum absolute atomic E-state index is 0.00883. The van der Waals surface area contributed by atoms with Crippen molar-refractivity contribution in [1.82, 2.24) is 19.1 Å². The Balaban J connectivity index is 2.17. The Kier molecular flexibility index (Phi) is 8.75. The Morgan fingerprint density at radius 2 is 2.03 bits per heavy atom. The van der Waals surface area contributed by atoms with Gasteiger partial charge >= 0.3 is 0 Å². The zero-order valence-corrected chi connectivity index (χ0v) is 19.3. The lowest BCUT2D eigenvalue weighted by Gasteiger charge is -2.31. The lowest BCUT2D eigenvalue weighted by atomic mass is 10.0. The van der Waals surface area contributed by atoms with Gasteiger partial charge in [-0.05, 0) is 19.8 Å². The molecule has 30 heavy (non-hydrogen) atoms. The maximum Gasteiger partial charge on any atom is 0.194 e. The summed E-state index contributed by atoms with van der Waals surface area (Å²) >= 11 is 0. The molecule has 0 bridgehead atoms. The van der Waals surface area contributed by atoms with Gasteiger partial charge in [0.15, 0.2) is 25.4 Å². The van der Waals surface area contributed by atoms with Gasteiger partial charge in [-0.15, -0.1) is 0 Å². The van der Waals surface area contributed by atoms with Gasteiger partial charge in [0.1, 0.15) is 11.6 Å². The highest BCUT2D eigenvalue weighted by molar-refractivity contribution is 7.40. The van der Waals surface area contributed by atoms with Crippen LogP contribution in [0.3, 0.4) is 0 Å². The van der Waals surface area contributed by atoms with E-state index in [1.807, 2.05) is 27.7 Å². The Labute approximate surface area is 177 Å². The second-order valence-electron chi connectivity index (χ2n) is 7.82. The minimum atomic E-state index is -2.18. The maximum absolute atomic E-state index is 12.4. The summed E-state index contributed by atoms with van der Waals surface area (Å²) in [5.74, 6) is 0. The van der Waals surface area contributed by atoms with Crippen LogP contribution in [0.2, 0.25) is 0 Å². The summed E-state index contributed by atoms with van der Waals surface area (Å²) in [5, 5.41) is 27.9. The molecule has 0 aromatic carbocycles. The van der Waals surface area contributed by atoms with E-state index in [4.69, 9.17) is 14.7 Å². The van der Waals surface area contributed by atoms with E-state index in [0.29, 0.717) is 24.0 Å². The van der Waals surface area contributed by atoms with Gasteiger partial charge in [0, 0.05) is 19.1 Å². The van der Waals surface area contributed by atoms with Crippen molar-refractivity contribution in [3.8, 4) is 0 Å². The Bertz CT molecular complexity index is 916. The van der Waals surface area contributed by atoms with Crippen molar-refractivity contribution >= 4 is 19.2 Å². The molecule has 0 saturated heterocycles. The molecule has 2 heterocycles. The van der Waals surface area contributed by atoms with Gasteiger partial charge in [0.2, 0.25) is 0 Å². The predicted octanol–water partition coefficient (Wildman–Crippen LogP) is 1.97. The number of aliphatic hydroxyl groups is 2. The molecule has 0 fully saturated rings. The Morgan fingerprint density at radius 1 is 1.33 bits per heavy atom. The Hall–Kier alpha value is -1.58. The molecule has 0 saturated carbocycles. The number of ether oxygens (including phenoxy) is 1. The van der Waals surface area contributed by atoms with E-state index in [2.05, 4.69) is 9.97 Å². The zero-order chi connectivity index (χ0) is 22.5. The van der Waals surface area contributed by atoms with Crippen LogP contribution < -0.4 is 5.49 Å². The summed E-state index contributed by atoms with van der Waals surface area (Å²) in [6.45, 7) is 7.46. The molecular formula is C19H34N5O5P. The smallest absolute Gasteiger partial charge is 0.194 e. The van der Waals surface area contributed by atoms with Crippen molar-refractivity contribution in [2.75, 3.05) is 13.2 Å². The number of rotatable bonds is 12. The standard InChI is InChI=1S/C19H34N5O5P/c1-6-13(3)30(27)29-19(4,7-2)8-9-28-18(14(26)10-25)24-12-21-15-16(20)23(5)11-22-17(15)24/h11-14,18,20,25-26,30H,6-10H2,1-5H3/t13?,14-,18?,19?/m1/s1.